The molecule has 2 rings (SSSR count). The smallest absolute Gasteiger partial charge is 0.271 e. The number of nitrogens with one attached hydrogen (secondary N) is 2. The van der Waals surface area contributed by atoms with Crippen molar-refractivity contribution >= 4 is 11.6 Å². The Hall–Kier alpha value is -1.62. The first-order valence-corrected chi connectivity index (χ1v) is 6.74. The van der Waals surface area contributed by atoms with Crippen LogP contribution < -0.4 is 10.9 Å². The lowest BCUT2D eigenvalue weighted by Crippen LogP contribution is -2.38. The molecule has 2 N–H and O–H groups in total. The SMILES string of the molecule is CC[C@H]1OCCC[C@@H]1C(=O)Nc1ccc(C)[nH]c1=O. The van der Waals surface area contributed by atoms with Crippen LogP contribution in [0.2, 0.25) is 0 Å². The van der Waals surface area contributed by atoms with Gasteiger partial charge in [0, 0.05) is 12.3 Å². The maximum atomic E-state index is 12.2. The quantitative estimate of drug-likeness (QED) is 0.875. The van der Waals surface area contributed by atoms with Crippen LogP contribution >= 0.6 is 0 Å². The number of aryl methyl sites for hydroxylation is 1. The van der Waals surface area contributed by atoms with E-state index < -0.39 is 0 Å². The van der Waals surface area contributed by atoms with Crippen molar-refractivity contribution in [1.29, 1.82) is 0 Å². The summed E-state index contributed by atoms with van der Waals surface area (Å²) >= 11 is 0. The van der Waals surface area contributed by atoms with Crippen LogP contribution in [0.5, 0.6) is 0 Å². The molecule has 1 saturated heterocycles. The fourth-order valence-electron chi connectivity index (χ4n) is 2.44. The zero-order valence-electron chi connectivity index (χ0n) is 11.4. The maximum absolute atomic E-state index is 12.2. The third-order valence-electron chi connectivity index (χ3n) is 3.49. The van der Waals surface area contributed by atoms with Crippen LogP contribution in [0.15, 0.2) is 16.9 Å². The van der Waals surface area contributed by atoms with Gasteiger partial charge in [-0.2, -0.15) is 0 Å². The van der Waals surface area contributed by atoms with Crippen molar-refractivity contribution in [3.05, 3.63) is 28.2 Å². The van der Waals surface area contributed by atoms with Crippen molar-refractivity contribution in [2.45, 2.75) is 39.2 Å². The van der Waals surface area contributed by atoms with Gasteiger partial charge in [0.05, 0.1) is 12.0 Å². The molecule has 1 aromatic rings. The lowest BCUT2D eigenvalue weighted by Gasteiger charge is -2.29. The highest BCUT2D eigenvalue weighted by atomic mass is 16.5. The molecule has 5 heteroatoms. The molecule has 2 atom stereocenters. The highest BCUT2D eigenvalue weighted by Gasteiger charge is 2.30. The van der Waals surface area contributed by atoms with Gasteiger partial charge in [0.2, 0.25) is 5.91 Å². The van der Waals surface area contributed by atoms with Crippen LogP contribution in [0.25, 0.3) is 0 Å². The topological polar surface area (TPSA) is 71.2 Å². The van der Waals surface area contributed by atoms with Gasteiger partial charge in [0.25, 0.3) is 5.56 Å². The number of anilines is 1. The van der Waals surface area contributed by atoms with Crippen LogP contribution in [0.4, 0.5) is 5.69 Å². The van der Waals surface area contributed by atoms with Gasteiger partial charge in [-0.15, -0.1) is 0 Å². The van der Waals surface area contributed by atoms with Gasteiger partial charge in [-0.1, -0.05) is 6.92 Å². The highest BCUT2D eigenvalue weighted by Crippen LogP contribution is 2.24. The summed E-state index contributed by atoms with van der Waals surface area (Å²) in [5, 5.41) is 2.71. The summed E-state index contributed by atoms with van der Waals surface area (Å²) in [4.78, 5) is 26.6. The fraction of sp³-hybridized carbons (Fsp3) is 0.571. The van der Waals surface area contributed by atoms with Crippen molar-refractivity contribution in [1.82, 2.24) is 4.98 Å². The van der Waals surface area contributed by atoms with Crippen LogP contribution in [-0.4, -0.2) is 23.6 Å². The van der Waals surface area contributed by atoms with E-state index in [1.54, 1.807) is 19.1 Å². The fourth-order valence-corrected chi connectivity index (χ4v) is 2.44. The molecule has 0 radical (unpaired) electrons. The number of aromatic amines is 1. The second-order valence-electron chi connectivity index (χ2n) is 4.94. The summed E-state index contributed by atoms with van der Waals surface area (Å²) < 4.78 is 5.60. The molecule has 5 nitrogen and oxygen atoms in total. The van der Waals surface area contributed by atoms with E-state index in [0.29, 0.717) is 12.3 Å². The van der Waals surface area contributed by atoms with E-state index in [1.165, 1.54) is 0 Å². The number of aromatic nitrogens is 1. The molecule has 1 fully saturated rings. The van der Waals surface area contributed by atoms with E-state index in [1.807, 2.05) is 6.92 Å². The predicted molar refractivity (Wildman–Crippen MR) is 73.2 cm³/mol. The van der Waals surface area contributed by atoms with Gasteiger partial charge >= 0.3 is 0 Å². The molecule has 0 bridgehead atoms. The molecule has 1 aliphatic rings. The molecule has 0 unspecified atom stereocenters. The molecule has 0 aliphatic carbocycles. The van der Waals surface area contributed by atoms with Crippen molar-refractivity contribution in [3.63, 3.8) is 0 Å². The van der Waals surface area contributed by atoms with Gasteiger partial charge in [0.15, 0.2) is 0 Å². The number of hydrogen-bond donors (Lipinski definition) is 2. The number of hydrogen-bond acceptors (Lipinski definition) is 3. The molecule has 1 aliphatic heterocycles. The van der Waals surface area contributed by atoms with Gasteiger partial charge < -0.3 is 15.0 Å². The minimum absolute atomic E-state index is 0.0433. The van der Waals surface area contributed by atoms with E-state index in [-0.39, 0.29) is 23.5 Å². The summed E-state index contributed by atoms with van der Waals surface area (Å²) in [6.45, 7) is 4.53. The number of rotatable bonds is 3. The van der Waals surface area contributed by atoms with Crippen molar-refractivity contribution < 1.29 is 9.53 Å². The Labute approximate surface area is 112 Å². The monoisotopic (exact) mass is 264 g/mol. The summed E-state index contributed by atoms with van der Waals surface area (Å²) in [7, 11) is 0. The number of carbonyl (C=O) groups excluding carboxylic acids is 1. The zero-order chi connectivity index (χ0) is 13.8. The van der Waals surface area contributed by atoms with E-state index >= 15 is 0 Å². The average molecular weight is 264 g/mol. The summed E-state index contributed by atoms with van der Waals surface area (Å²) in [5.74, 6) is -0.291. The van der Waals surface area contributed by atoms with Gasteiger partial charge in [-0.25, -0.2) is 0 Å². The van der Waals surface area contributed by atoms with Crippen molar-refractivity contribution in [2.24, 2.45) is 5.92 Å². The van der Waals surface area contributed by atoms with Gasteiger partial charge in [0.1, 0.15) is 5.69 Å². The van der Waals surface area contributed by atoms with E-state index in [4.69, 9.17) is 4.74 Å². The first kappa shape index (κ1) is 13.8. The van der Waals surface area contributed by atoms with E-state index in [2.05, 4.69) is 10.3 Å². The first-order chi connectivity index (χ1) is 9.11. The number of H-pyrrole nitrogens is 1. The molecule has 2 heterocycles. The number of amides is 1. The minimum Gasteiger partial charge on any atom is -0.377 e. The molecule has 19 heavy (non-hydrogen) atoms. The Morgan fingerprint density at radius 3 is 3.00 bits per heavy atom. The normalized spacial score (nSPS) is 23.1. The summed E-state index contributed by atoms with van der Waals surface area (Å²) in [6.07, 6.45) is 2.47. The Bertz CT molecular complexity index is 510. The zero-order valence-corrected chi connectivity index (χ0v) is 11.4. The average Bonchev–Trinajstić information content (AvgIpc) is 2.41. The van der Waals surface area contributed by atoms with E-state index in [0.717, 1.165) is 25.0 Å². The first-order valence-electron chi connectivity index (χ1n) is 6.74. The molecule has 1 amide bonds. The Morgan fingerprint density at radius 1 is 1.53 bits per heavy atom. The van der Waals surface area contributed by atoms with Crippen LogP contribution in [0.1, 0.15) is 31.9 Å². The van der Waals surface area contributed by atoms with Crippen LogP contribution in [0.3, 0.4) is 0 Å². The number of ether oxygens (including phenoxy) is 1. The van der Waals surface area contributed by atoms with Crippen molar-refractivity contribution in [2.75, 3.05) is 11.9 Å². The van der Waals surface area contributed by atoms with Crippen LogP contribution in [0, 0.1) is 12.8 Å². The highest BCUT2D eigenvalue weighted by molar-refractivity contribution is 5.92. The van der Waals surface area contributed by atoms with Crippen LogP contribution in [-0.2, 0) is 9.53 Å². The summed E-state index contributed by atoms with van der Waals surface area (Å²) in [5.41, 5.74) is 0.810. The Balaban J connectivity index is 2.09. The molecular formula is C14H20N2O3. The largest absolute Gasteiger partial charge is 0.377 e. The molecule has 104 valence electrons. The Morgan fingerprint density at radius 2 is 2.32 bits per heavy atom. The molecular weight excluding hydrogens is 244 g/mol. The third kappa shape index (κ3) is 3.23. The molecule has 0 saturated carbocycles. The molecule has 1 aromatic heterocycles. The standard InChI is InChI=1S/C14H20N2O3/c1-3-12-10(5-4-8-19-12)13(17)16-11-7-6-9(2)15-14(11)18/h6-7,10,12H,3-5,8H2,1-2H3,(H,15,18)(H,16,17)/t10-,12+/m0/s1. The van der Waals surface area contributed by atoms with Gasteiger partial charge in [-0.05, 0) is 38.3 Å². The predicted octanol–water partition coefficient (Wildman–Crippen LogP) is 1.83. The lowest BCUT2D eigenvalue weighted by molar-refractivity contribution is -0.129. The Kier molecular flexibility index (Phi) is 4.37. The third-order valence-corrected chi connectivity index (χ3v) is 3.49. The number of carbonyl (C=O) groups is 1. The van der Waals surface area contributed by atoms with Gasteiger partial charge in [-0.3, -0.25) is 9.59 Å². The lowest BCUT2D eigenvalue weighted by atomic mass is 9.92. The van der Waals surface area contributed by atoms with Crippen molar-refractivity contribution in [3.8, 4) is 0 Å². The second kappa shape index (κ2) is 6.02. The summed E-state index contributed by atoms with van der Waals surface area (Å²) in [6, 6.07) is 3.41. The van der Waals surface area contributed by atoms with E-state index in [9.17, 15) is 9.59 Å². The number of pyridine rings is 1. The minimum atomic E-state index is -0.266. The molecule has 0 spiro atoms. The second-order valence-corrected chi connectivity index (χ2v) is 4.94. The maximum Gasteiger partial charge on any atom is 0.271 e. The molecule has 0 aromatic carbocycles.